The van der Waals surface area contributed by atoms with E-state index >= 15 is 0 Å². The Labute approximate surface area is 141 Å². The minimum atomic E-state index is -0.232. The van der Waals surface area contributed by atoms with Gasteiger partial charge in [0.05, 0.1) is 14.2 Å². The smallest absolute Gasteiger partial charge is 0.271 e. The first-order valence-electron chi connectivity index (χ1n) is 7.63. The molecule has 2 N–H and O–H groups in total. The molecule has 0 spiro atoms. The van der Waals surface area contributed by atoms with E-state index < -0.39 is 0 Å². The highest BCUT2D eigenvalue weighted by Gasteiger charge is 2.09. The Hall–Kier alpha value is -2.83. The van der Waals surface area contributed by atoms with Crippen molar-refractivity contribution in [3.05, 3.63) is 41.6 Å². The van der Waals surface area contributed by atoms with Gasteiger partial charge in [0.1, 0.15) is 5.82 Å². The molecule has 0 aliphatic rings. The second kappa shape index (κ2) is 8.14. The average molecular weight is 330 g/mol. The van der Waals surface area contributed by atoms with Crippen LogP contribution in [0.4, 0.5) is 5.82 Å². The van der Waals surface area contributed by atoms with Gasteiger partial charge in [0, 0.05) is 12.6 Å². The van der Waals surface area contributed by atoms with Crippen molar-refractivity contribution < 1.29 is 14.3 Å². The van der Waals surface area contributed by atoms with E-state index in [1.54, 1.807) is 26.4 Å². The summed E-state index contributed by atoms with van der Waals surface area (Å²) in [5, 5.41) is 13.9. The van der Waals surface area contributed by atoms with Gasteiger partial charge in [-0.15, -0.1) is 10.2 Å². The highest BCUT2D eigenvalue weighted by Crippen LogP contribution is 2.27. The van der Waals surface area contributed by atoms with E-state index in [4.69, 9.17) is 9.47 Å². The molecule has 7 heteroatoms. The first-order valence-corrected chi connectivity index (χ1v) is 7.63. The van der Waals surface area contributed by atoms with Crippen molar-refractivity contribution in [3.63, 3.8) is 0 Å². The molecule has 2 rings (SSSR count). The van der Waals surface area contributed by atoms with Crippen molar-refractivity contribution in [3.8, 4) is 11.5 Å². The van der Waals surface area contributed by atoms with Crippen molar-refractivity contribution in [2.75, 3.05) is 19.5 Å². The minimum absolute atomic E-state index is 0.0575. The third-order valence-electron chi connectivity index (χ3n) is 3.24. The lowest BCUT2D eigenvalue weighted by Crippen LogP contribution is -2.30. The summed E-state index contributed by atoms with van der Waals surface area (Å²) < 4.78 is 10.5. The van der Waals surface area contributed by atoms with E-state index in [2.05, 4.69) is 20.8 Å². The predicted octanol–water partition coefficient (Wildman–Crippen LogP) is 2.24. The summed E-state index contributed by atoms with van der Waals surface area (Å²) in [7, 11) is 3.20. The highest BCUT2D eigenvalue weighted by atomic mass is 16.5. The number of amides is 1. The molecule has 1 amide bonds. The van der Waals surface area contributed by atoms with Crippen molar-refractivity contribution in [1.29, 1.82) is 0 Å². The second-order valence-electron chi connectivity index (χ2n) is 5.47. The van der Waals surface area contributed by atoms with Gasteiger partial charge in [-0.25, -0.2) is 0 Å². The molecule has 0 saturated carbocycles. The molecule has 1 aromatic carbocycles. The maximum atomic E-state index is 11.8. The fourth-order valence-corrected chi connectivity index (χ4v) is 2.07. The van der Waals surface area contributed by atoms with E-state index in [9.17, 15) is 4.79 Å². The van der Waals surface area contributed by atoms with E-state index in [-0.39, 0.29) is 11.9 Å². The number of rotatable bonds is 7. The van der Waals surface area contributed by atoms with E-state index in [1.807, 2.05) is 32.0 Å². The number of nitrogens with one attached hydrogen (secondary N) is 2. The van der Waals surface area contributed by atoms with Crippen LogP contribution < -0.4 is 20.1 Å². The number of nitrogens with zero attached hydrogens (tertiary/aromatic N) is 2. The average Bonchev–Trinajstić information content (AvgIpc) is 2.59. The van der Waals surface area contributed by atoms with E-state index in [0.717, 1.165) is 5.56 Å². The monoisotopic (exact) mass is 330 g/mol. The quantitative estimate of drug-likeness (QED) is 0.810. The topological polar surface area (TPSA) is 85.4 Å². The van der Waals surface area contributed by atoms with Gasteiger partial charge in [0.15, 0.2) is 17.2 Å². The van der Waals surface area contributed by atoms with Gasteiger partial charge in [-0.1, -0.05) is 6.07 Å². The van der Waals surface area contributed by atoms with Crippen molar-refractivity contribution in [2.45, 2.75) is 26.4 Å². The molecule has 0 atom stereocenters. The Morgan fingerprint density at radius 3 is 2.42 bits per heavy atom. The van der Waals surface area contributed by atoms with Crippen molar-refractivity contribution in [2.24, 2.45) is 0 Å². The van der Waals surface area contributed by atoms with Crippen LogP contribution in [-0.4, -0.2) is 36.4 Å². The van der Waals surface area contributed by atoms with Crippen LogP contribution in [0.15, 0.2) is 30.3 Å². The van der Waals surface area contributed by atoms with Gasteiger partial charge in [0.25, 0.3) is 5.91 Å². The number of aromatic nitrogens is 2. The largest absolute Gasteiger partial charge is 0.493 e. The van der Waals surface area contributed by atoms with Crippen LogP contribution in [-0.2, 0) is 6.54 Å². The highest BCUT2D eigenvalue weighted by molar-refractivity contribution is 5.92. The Kier molecular flexibility index (Phi) is 5.95. The SMILES string of the molecule is COc1ccc(CNc2ccc(C(=O)NC(C)C)nn2)cc1OC. The number of hydrogen-bond donors (Lipinski definition) is 2. The molecule has 0 aliphatic carbocycles. The summed E-state index contributed by atoms with van der Waals surface area (Å²) >= 11 is 0. The van der Waals surface area contributed by atoms with Crippen LogP contribution in [0.1, 0.15) is 29.9 Å². The fourth-order valence-electron chi connectivity index (χ4n) is 2.07. The lowest BCUT2D eigenvalue weighted by atomic mass is 10.2. The Morgan fingerprint density at radius 1 is 1.08 bits per heavy atom. The van der Waals surface area contributed by atoms with Crippen LogP contribution in [0.5, 0.6) is 11.5 Å². The Bertz CT molecular complexity index is 687. The summed E-state index contributed by atoms with van der Waals surface area (Å²) in [4.78, 5) is 11.8. The molecule has 24 heavy (non-hydrogen) atoms. The zero-order valence-electron chi connectivity index (χ0n) is 14.3. The van der Waals surface area contributed by atoms with Gasteiger partial charge >= 0.3 is 0 Å². The fraction of sp³-hybridized carbons (Fsp3) is 0.353. The minimum Gasteiger partial charge on any atom is -0.493 e. The molecule has 2 aromatic rings. The van der Waals surface area contributed by atoms with Gasteiger partial charge in [-0.05, 0) is 43.7 Å². The van der Waals surface area contributed by atoms with Crippen molar-refractivity contribution in [1.82, 2.24) is 15.5 Å². The van der Waals surface area contributed by atoms with Crippen LogP contribution in [0.2, 0.25) is 0 Å². The summed E-state index contributed by atoms with van der Waals surface area (Å²) in [6, 6.07) is 9.10. The van der Waals surface area contributed by atoms with Crippen LogP contribution in [0, 0.1) is 0 Å². The van der Waals surface area contributed by atoms with Gasteiger partial charge in [0.2, 0.25) is 0 Å². The van der Waals surface area contributed by atoms with Crippen molar-refractivity contribution >= 4 is 11.7 Å². The Morgan fingerprint density at radius 2 is 1.83 bits per heavy atom. The molecule has 0 unspecified atom stereocenters. The van der Waals surface area contributed by atoms with Crippen LogP contribution in [0.25, 0.3) is 0 Å². The summed E-state index contributed by atoms with van der Waals surface area (Å²) in [6.07, 6.45) is 0. The lowest BCUT2D eigenvalue weighted by molar-refractivity contribution is 0.0937. The molecule has 0 aliphatic heterocycles. The molecular weight excluding hydrogens is 308 g/mol. The van der Waals surface area contributed by atoms with Gasteiger partial charge < -0.3 is 20.1 Å². The zero-order valence-corrected chi connectivity index (χ0v) is 14.3. The van der Waals surface area contributed by atoms with Crippen LogP contribution in [0.3, 0.4) is 0 Å². The van der Waals surface area contributed by atoms with Gasteiger partial charge in [-0.3, -0.25) is 4.79 Å². The third-order valence-corrected chi connectivity index (χ3v) is 3.24. The molecule has 128 valence electrons. The molecule has 0 radical (unpaired) electrons. The van der Waals surface area contributed by atoms with E-state index in [1.165, 1.54) is 0 Å². The molecule has 0 bridgehead atoms. The standard InChI is InChI=1S/C17H22N4O3/c1-11(2)19-17(22)13-6-8-16(21-20-13)18-10-12-5-7-14(23-3)15(9-12)24-4/h5-9,11H,10H2,1-4H3,(H,18,21)(H,19,22). The van der Waals surface area contributed by atoms with Gasteiger partial charge in [-0.2, -0.15) is 0 Å². The van der Waals surface area contributed by atoms with E-state index in [0.29, 0.717) is 29.6 Å². The molecule has 0 saturated heterocycles. The molecule has 1 aromatic heterocycles. The van der Waals surface area contributed by atoms with Crippen LogP contribution >= 0.6 is 0 Å². The zero-order chi connectivity index (χ0) is 17.5. The summed E-state index contributed by atoms with van der Waals surface area (Å²) in [5.41, 5.74) is 1.30. The number of carbonyl (C=O) groups excluding carboxylic acids is 1. The third kappa shape index (κ3) is 4.58. The number of methoxy groups -OCH3 is 2. The number of anilines is 1. The lowest BCUT2D eigenvalue weighted by Gasteiger charge is -2.11. The first-order chi connectivity index (χ1) is 11.5. The number of hydrogen-bond acceptors (Lipinski definition) is 6. The number of benzene rings is 1. The second-order valence-corrected chi connectivity index (χ2v) is 5.47. The first kappa shape index (κ1) is 17.5. The maximum Gasteiger partial charge on any atom is 0.271 e. The molecular formula is C17H22N4O3. The maximum absolute atomic E-state index is 11.8. The molecule has 0 fully saturated rings. The summed E-state index contributed by atoms with van der Waals surface area (Å²) in [6.45, 7) is 4.33. The predicted molar refractivity (Wildman–Crippen MR) is 91.5 cm³/mol. The normalized spacial score (nSPS) is 10.4. The number of carbonyl (C=O) groups is 1. The molecule has 7 nitrogen and oxygen atoms in total. The number of ether oxygens (including phenoxy) is 2. The summed E-state index contributed by atoms with van der Waals surface area (Å²) in [5.74, 6) is 1.71. The Balaban J connectivity index is 1.98. The molecule has 1 heterocycles.